The molecule has 328 valence electrons. The number of benzene rings is 4. The van der Waals surface area contributed by atoms with Gasteiger partial charge in [-0.25, -0.2) is 4.85 Å². The lowest BCUT2D eigenvalue weighted by Gasteiger charge is -2.23. The van der Waals surface area contributed by atoms with Crippen molar-refractivity contribution < 1.29 is 34.0 Å². The highest BCUT2D eigenvalue weighted by Crippen LogP contribution is 2.39. The van der Waals surface area contributed by atoms with E-state index >= 15 is 0 Å². The number of ether oxygens (including phenoxy) is 4. The Balaban J connectivity index is 1.19. The summed E-state index contributed by atoms with van der Waals surface area (Å²) in [6, 6.07) is 24.2. The molecule has 4 aromatic carbocycles. The van der Waals surface area contributed by atoms with Gasteiger partial charge in [-0.3, -0.25) is 14.8 Å². The first kappa shape index (κ1) is 47.1. The van der Waals surface area contributed by atoms with Gasteiger partial charge in [-0.15, -0.1) is 0 Å². The standard InChI is InChI=1S/C50H45Cl3N4O7/c1-29(32(4)58)42(50(59)60)13-12-36-16-43(51)47(18-46(36)61-26-35-15-39(55-5)24-57-23-35)63-27-37-8-6-10-40(30(37)2)41-11-7-9-38(31(41)3)28-64-49-19-48(44(52)17-45(49)53)62-25-34-14-33(20-54)21-56-22-34/h6-11,14-19,21-24,29,32,42,58H,12-13,25-28H2,1-4H3,(H,59,60)/t29-,32-,42-/m0/s1. The molecule has 0 spiro atoms. The zero-order valence-electron chi connectivity index (χ0n) is 35.6. The fourth-order valence-corrected chi connectivity index (χ4v) is 7.88. The van der Waals surface area contributed by atoms with Crippen LogP contribution in [0.25, 0.3) is 16.0 Å². The predicted octanol–water partition coefficient (Wildman–Crippen LogP) is 12.1. The minimum atomic E-state index is -0.990. The summed E-state index contributed by atoms with van der Waals surface area (Å²) in [7, 11) is 0. The molecule has 6 rings (SSSR count). The van der Waals surface area contributed by atoms with Crippen LogP contribution in [0.3, 0.4) is 0 Å². The second-order valence-electron chi connectivity index (χ2n) is 15.4. The van der Waals surface area contributed by atoms with E-state index in [2.05, 4.69) is 33.0 Å². The fourth-order valence-electron chi connectivity index (χ4n) is 7.14. The topological polar surface area (TPSA) is 148 Å². The van der Waals surface area contributed by atoms with E-state index in [-0.39, 0.29) is 32.8 Å². The Labute approximate surface area is 387 Å². The molecule has 64 heavy (non-hydrogen) atoms. The van der Waals surface area contributed by atoms with Crippen LogP contribution in [0.1, 0.15) is 64.8 Å². The van der Waals surface area contributed by atoms with Gasteiger partial charge < -0.3 is 29.2 Å². The molecule has 0 aliphatic rings. The molecule has 14 heteroatoms. The third kappa shape index (κ3) is 11.8. The van der Waals surface area contributed by atoms with Crippen molar-refractivity contribution in [3.05, 3.63) is 169 Å². The minimum Gasteiger partial charge on any atom is -0.488 e. The molecule has 0 saturated carbocycles. The van der Waals surface area contributed by atoms with E-state index in [0.29, 0.717) is 72.4 Å². The van der Waals surface area contributed by atoms with Crippen molar-refractivity contribution in [2.45, 2.75) is 73.1 Å². The molecular formula is C50H45Cl3N4O7. The van der Waals surface area contributed by atoms with Gasteiger partial charge in [-0.1, -0.05) is 78.1 Å². The Hall–Kier alpha value is -6.34. The highest BCUT2D eigenvalue weighted by Gasteiger charge is 2.28. The third-order valence-electron chi connectivity index (χ3n) is 11.1. The number of carbonyl (C=O) groups is 1. The first-order valence-corrected chi connectivity index (χ1v) is 21.5. The normalized spacial score (nSPS) is 12.3. The number of nitrogens with zero attached hydrogens (tertiary/aromatic N) is 4. The van der Waals surface area contributed by atoms with Crippen molar-refractivity contribution in [1.82, 2.24) is 9.97 Å². The lowest BCUT2D eigenvalue weighted by Crippen LogP contribution is -2.29. The number of aryl methyl sites for hydroxylation is 1. The van der Waals surface area contributed by atoms with Gasteiger partial charge in [0.2, 0.25) is 5.69 Å². The number of rotatable bonds is 19. The molecule has 2 aromatic heterocycles. The Kier molecular flexibility index (Phi) is 16.1. The number of hydrogen-bond acceptors (Lipinski definition) is 9. The predicted molar refractivity (Wildman–Crippen MR) is 246 cm³/mol. The summed E-state index contributed by atoms with van der Waals surface area (Å²) in [5.74, 6) is -0.671. The largest absolute Gasteiger partial charge is 0.488 e. The number of pyridine rings is 2. The number of hydrogen-bond donors (Lipinski definition) is 2. The molecule has 0 aliphatic carbocycles. The molecule has 2 heterocycles. The summed E-state index contributed by atoms with van der Waals surface area (Å²) in [4.78, 5) is 23.9. The fraction of sp³-hybridized carbons (Fsp3) is 0.260. The van der Waals surface area contributed by atoms with Crippen LogP contribution >= 0.6 is 34.8 Å². The van der Waals surface area contributed by atoms with Crippen molar-refractivity contribution in [2.75, 3.05) is 0 Å². The molecule has 2 N–H and O–H groups in total. The second kappa shape index (κ2) is 21.8. The van der Waals surface area contributed by atoms with Crippen LogP contribution in [-0.4, -0.2) is 32.3 Å². The first-order valence-electron chi connectivity index (χ1n) is 20.3. The Bertz CT molecular complexity index is 2730. The third-order valence-corrected chi connectivity index (χ3v) is 12.0. The van der Waals surface area contributed by atoms with Crippen LogP contribution < -0.4 is 18.9 Å². The Morgan fingerprint density at radius 1 is 0.719 bits per heavy atom. The van der Waals surface area contributed by atoms with Gasteiger partial charge in [-0.2, -0.15) is 5.26 Å². The summed E-state index contributed by atoms with van der Waals surface area (Å²) >= 11 is 19.9. The minimum absolute atomic E-state index is 0.0994. The molecule has 3 atom stereocenters. The van der Waals surface area contributed by atoms with Crippen molar-refractivity contribution >= 4 is 46.5 Å². The van der Waals surface area contributed by atoms with Crippen LogP contribution in [0.2, 0.25) is 15.1 Å². The van der Waals surface area contributed by atoms with Gasteiger partial charge in [-0.05, 0) is 108 Å². The number of aliphatic carboxylic acids is 1. The lowest BCUT2D eigenvalue weighted by molar-refractivity contribution is -0.145. The van der Waals surface area contributed by atoms with Gasteiger partial charge in [0.15, 0.2) is 0 Å². The maximum Gasteiger partial charge on any atom is 0.306 e. The van der Waals surface area contributed by atoms with E-state index in [1.807, 2.05) is 38.1 Å². The smallest absolute Gasteiger partial charge is 0.306 e. The molecule has 0 saturated heterocycles. The summed E-state index contributed by atoms with van der Waals surface area (Å²) in [5.41, 5.74) is 8.79. The van der Waals surface area contributed by atoms with Gasteiger partial charge in [0, 0.05) is 42.5 Å². The number of carboxylic acid groups (broad SMARTS) is 1. The number of nitriles is 1. The molecule has 0 radical (unpaired) electrons. The number of aliphatic hydroxyl groups is 1. The summed E-state index contributed by atoms with van der Waals surface area (Å²) < 4.78 is 24.8. The quantitative estimate of drug-likeness (QED) is 0.0752. The molecule has 0 amide bonds. The molecule has 0 aliphatic heterocycles. The first-order chi connectivity index (χ1) is 30.8. The van der Waals surface area contributed by atoms with E-state index in [1.165, 1.54) is 12.4 Å². The number of carboxylic acids is 1. The SMILES string of the molecule is [C-]#[N+]c1cncc(COc2cc(OCc3cccc(-c4cccc(COc5cc(OCc6cncc(C#N)c6)c(Cl)cc5Cl)c4C)c3C)c(Cl)cc2CC[C@H](C(=O)O)[C@@H](C)[C@H](C)O)c1. The zero-order chi connectivity index (χ0) is 45.9. The summed E-state index contributed by atoms with van der Waals surface area (Å²) in [5, 5.41) is 30.3. The highest BCUT2D eigenvalue weighted by atomic mass is 35.5. The molecule has 0 bridgehead atoms. The van der Waals surface area contributed by atoms with Crippen LogP contribution in [0.15, 0.2) is 97.6 Å². The van der Waals surface area contributed by atoms with Gasteiger partial charge in [0.05, 0.1) is 39.2 Å². The van der Waals surface area contributed by atoms with Crippen LogP contribution in [0.5, 0.6) is 23.0 Å². The van der Waals surface area contributed by atoms with E-state index in [9.17, 15) is 20.3 Å². The summed E-state index contributed by atoms with van der Waals surface area (Å²) in [6.07, 6.45) is 5.95. The average molecular weight is 920 g/mol. The maximum absolute atomic E-state index is 12.2. The highest BCUT2D eigenvalue weighted by molar-refractivity contribution is 6.36. The van der Waals surface area contributed by atoms with Gasteiger partial charge in [0.1, 0.15) is 55.5 Å². The van der Waals surface area contributed by atoms with Crippen LogP contribution in [-0.2, 0) is 37.6 Å². The van der Waals surface area contributed by atoms with Gasteiger partial charge >= 0.3 is 5.97 Å². The van der Waals surface area contributed by atoms with Crippen molar-refractivity contribution in [1.29, 1.82) is 5.26 Å². The van der Waals surface area contributed by atoms with E-state index < -0.39 is 23.9 Å². The lowest BCUT2D eigenvalue weighted by atomic mass is 9.85. The Morgan fingerprint density at radius 3 is 1.78 bits per heavy atom. The summed E-state index contributed by atoms with van der Waals surface area (Å²) in [6.45, 7) is 15.4. The Morgan fingerprint density at radius 2 is 1.23 bits per heavy atom. The van der Waals surface area contributed by atoms with Crippen molar-refractivity contribution in [3.63, 3.8) is 0 Å². The van der Waals surface area contributed by atoms with E-state index in [1.54, 1.807) is 62.6 Å². The molecule has 0 unspecified atom stereocenters. The van der Waals surface area contributed by atoms with Crippen molar-refractivity contribution in [2.24, 2.45) is 11.8 Å². The average Bonchev–Trinajstić information content (AvgIpc) is 3.28. The molecule has 0 fully saturated rings. The van der Waals surface area contributed by atoms with E-state index in [0.717, 1.165) is 33.4 Å². The number of halogens is 3. The van der Waals surface area contributed by atoms with Crippen molar-refractivity contribution in [3.8, 4) is 40.2 Å². The molecule has 6 aromatic rings. The maximum atomic E-state index is 12.2. The number of aromatic nitrogens is 2. The second-order valence-corrected chi connectivity index (χ2v) is 16.6. The van der Waals surface area contributed by atoms with Crippen LogP contribution in [0.4, 0.5) is 5.69 Å². The molecular weight excluding hydrogens is 875 g/mol. The van der Waals surface area contributed by atoms with E-state index in [4.69, 9.17) is 60.3 Å². The number of aliphatic hydroxyl groups excluding tert-OH is 1. The van der Waals surface area contributed by atoms with Crippen LogP contribution in [0, 0.1) is 43.6 Å². The molecule has 11 nitrogen and oxygen atoms in total. The van der Waals surface area contributed by atoms with Gasteiger partial charge in [0.25, 0.3) is 0 Å². The monoisotopic (exact) mass is 918 g/mol. The zero-order valence-corrected chi connectivity index (χ0v) is 37.8.